The second-order valence-electron chi connectivity index (χ2n) is 6.05. The van der Waals surface area contributed by atoms with E-state index in [1.807, 2.05) is 19.9 Å². The monoisotopic (exact) mass is 290 g/mol. The first-order valence-corrected chi connectivity index (χ1v) is 6.83. The third kappa shape index (κ3) is 3.49. The van der Waals surface area contributed by atoms with E-state index in [-0.39, 0.29) is 5.41 Å². The summed E-state index contributed by atoms with van der Waals surface area (Å²) < 4.78 is 5.18. The molecule has 0 aliphatic heterocycles. The molecule has 0 aromatic carbocycles. The Morgan fingerprint density at radius 2 is 1.86 bits per heavy atom. The lowest BCUT2D eigenvalue weighted by atomic mass is 9.95. The van der Waals surface area contributed by atoms with Gasteiger partial charge in [-0.1, -0.05) is 25.9 Å². The van der Waals surface area contributed by atoms with Gasteiger partial charge in [-0.15, -0.1) is 0 Å². The molecule has 0 aliphatic rings. The Labute approximate surface area is 124 Å². The van der Waals surface area contributed by atoms with Crippen LogP contribution in [-0.4, -0.2) is 15.1 Å². The van der Waals surface area contributed by atoms with Crippen LogP contribution in [0.4, 0.5) is 11.6 Å². The minimum atomic E-state index is -0.168. The number of nitrogens with zero attached hydrogens (tertiary/aromatic N) is 3. The first-order chi connectivity index (χ1) is 9.81. The molecule has 0 saturated heterocycles. The van der Waals surface area contributed by atoms with Crippen molar-refractivity contribution >= 4 is 11.6 Å². The van der Waals surface area contributed by atoms with Crippen LogP contribution in [0.5, 0.6) is 0 Å². The number of rotatable bonds is 4. The summed E-state index contributed by atoms with van der Waals surface area (Å²) in [6, 6.07) is 1.89. The molecule has 2 heterocycles. The van der Waals surface area contributed by atoms with Gasteiger partial charge in [0.1, 0.15) is 17.5 Å². The average Bonchev–Trinajstić information content (AvgIpc) is 2.82. The fourth-order valence-electron chi connectivity index (χ4n) is 1.84. The van der Waals surface area contributed by atoms with E-state index in [1.165, 1.54) is 0 Å². The van der Waals surface area contributed by atoms with E-state index < -0.39 is 0 Å². The smallest absolute Gasteiger partial charge is 0.156 e. The van der Waals surface area contributed by atoms with Gasteiger partial charge in [-0.05, 0) is 13.8 Å². The largest absolute Gasteiger partial charge is 0.362 e. The summed E-state index contributed by atoms with van der Waals surface area (Å²) >= 11 is 0. The Morgan fingerprint density at radius 1 is 1.19 bits per heavy atom. The van der Waals surface area contributed by atoms with Crippen LogP contribution in [0.1, 0.15) is 43.6 Å². The molecule has 0 radical (unpaired) electrons. The normalized spacial score (nSPS) is 11.5. The summed E-state index contributed by atoms with van der Waals surface area (Å²) in [6.07, 6.45) is 0. The summed E-state index contributed by atoms with van der Waals surface area (Å²) in [5.41, 5.74) is 4.17. The number of aromatic nitrogens is 3. The highest BCUT2D eigenvalue weighted by molar-refractivity contribution is 5.57. The SMILES string of the molecule is Cc1cc(CNc2nc(C(C)(C)C)nc(NN)c2C)on1. The van der Waals surface area contributed by atoms with E-state index in [0.29, 0.717) is 12.4 Å². The zero-order chi connectivity index (χ0) is 15.6. The van der Waals surface area contributed by atoms with Gasteiger partial charge in [-0.2, -0.15) is 0 Å². The lowest BCUT2D eigenvalue weighted by Crippen LogP contribution is -2.21. The van der Waals surface area contributed by atoms with Crippen LogP contribution in [0.2, 0.25) is 0 Å². The van der Waals surface area contributed by atoms with Crippen LogP contribution in [0.15, 0.2) is 10.6 Å². The number of anilines is 2. The number of aryl methyl sites for hydroxylation is 1. The minimum absolute atomic E-state index is 0.168. The Hall–Kier alpha value is -2.15. The molecule has 21 heavy (non-hydrogen) atoms. The van der Waals surface area contributed by atoms with Crippen molar-refractivity contribution in [1.82, 2.24) is 15.1 Å². The molecule has 2 aromatic rings. The van der Waals surface area contributed by atoms with E-state index in [2.05, 4.69) is 46.6 Å². The maximum Gasteiger partial charge on any atom is 0.156 e. The molecule has 7 heteroatoms. The predicted octanol–water partition coefficient (Wildman–Crippen LogP) is 2.28. The second-order valence-corrected chi connectivity index (χ2v) is 6.05. The van der Waals surface area contributed by atoms with Gasteiger partial charge in [0.25, 0.3) is 0 Å². The van der Waals surface area contributed by atoms with E-state index in [9.17, 15) is 0 Å². The molecular formula is C14H22N6O. The molecule has 0 spiro atoms. The number of nitrogens with one attached hydrogen (secondary N) is 2. The van der Waals surface area contributed by atoms with Crippen molar-refractivity contribution in [3.8, 4) is 0 Å². The van der Waals surface area contributed by atoms with E-state index >= 15 is 0 Å². The molecule has 0 saturated carbocycles. The van der Waals surface area contributed by atoms with Crippen molar-refractivity contribution < 1.29 is 4.52 Å². The predicted molar refractivity (Wildman–Crippen MR) is 81.8 cm³/mol. The number of nitrogen functional groups attached to an aromatic ring is 1. The fourth-order valence-corrected chi connectivity index (χ4v) is 1.84. The lowest BCUT2D eigenvalue weighted by molar-refractivity contribution is 0.384. The highest BCUT2D eigenvalue weighted by Gasteiger charge is 2.21. The van der Waals surface area contributed by atoms with Crippen molar-refractivity contribution in [2.24, 2.45) is 5.84 Å². The topological polar surface area (TPSA) is 102 Å². The molecule has 0 aliphatic carbocycles. The van der Waals surface area contributed by atoms with Crippen molar-refractivity contribution in [3.63, 3.8) is 0 Å². The highest BCUT2D eigenvalue weighted by atomic mass is 16.5. The van der Waals surface area contributed by atoms with Crippen LogP contribution in [0.25, 0.3) is 0 Å². The third-order valence-corrected chi connectivity index (χ3v) is 3.06. The quantitative estimate of drug-likeness (QED) is 0.586. The molecule has 0 amide bonds. The minimum Gasteiger partial charge on any atom is -0.362 e. The van der Waals surface area contributed by atoms with Gasteiger partial charge in [0.2, 0.25) is 0 Å². The molecule has 2 aromatic heterocycles. The molecule has 0 atom stereocenters. The molecule has 4 N–H and O–H groups in total. The molecular weight excluding hydrogens is 268 g/mol. The molecule has 0 unspecified atom stereocenters. The molecule has 0 fully saturated rings. The van der Waals surface area contributed by atoms with Gasteiger partial charge in [0, 0.05) is 17.0 Å². The van der Waals surface area contributed by atoms with Crippen LogP contribution >= 0.6 is 0 Å². The highest BCUT2D eigenvalue weighted by Crippen LogP contribution is 2.26. The van der Waals surface area contributed by atoms with Crippen LogP contribution in [-0.2, 0) is 12.0 Å². The summed E-state index contributed by atoms with van der Waals surface area (Å²) in [6.45, 7) is 10.5. The molecule has 7 nitrogen and oxygen atoms in total. The summed E-state index contributed by atoms with van der Waals surface area (Å²) in [5, 5.41) is 7.11. The molecule has 2 rings (SSSR count). The fraction of sp³-hybridized carbons (Fsp3) is 0.500. The van der Waals surface area contributed by atoms with Gasteiger partial charge in [-0.25, -0.2) is 15.8 Å². The van der Waals surface area contributed by atoms with Gasteiger partial charge in [-0.3, -0.25) is 0 Å². The Bertz CT molecular complexity index is 629. The first kappa shape index (κ1) is 15.2. The first-order valence-electron chi connectivity index (χ1n) is 6.83. The third-order valence-electron chi connectivity index (χ3n) is 3.06. The molecule has 114 valence electrons. The number of hydrogen-bond donors (Lipinski definition) is 3. The summed E-state index contributed by atoms with van der Waals surface area (Å²) in [5.74, 6) is 8.37. The zero-order valence-electron chi connectivity index (χ0n) is 13.1. The van der Waals surface area contributed by atoms with Gasteiger partial charge in [0.05, 0.1) is 12.2 Å². The summed E-state index contributed by atoms with van der Waals surface area (Å²) in [7, 11) is 0. The lowest BCUT2D eigenvalue weighted by Gasteiger charge is -2.20. The van der Waals surface area contributed by atoms with Crippen molar-refractivity contribution in [3.05, 3.63) is 28.9 Å². The standard InChI is InChI=1S/C14H22N6O/c1-8-6-10(21-20-8)7-16-11-9(2)12(19-15)18-13(17-11)14(3,4)5/h6H,7,15H2,1-5H3,(H2,16,17,18,19). The maximum atomic E-state index is 5.55. The van der Waals surface area contributed by atoms with Gasteiger partial charge in [0.15, 0.2) is 5.76 Å². The number of hydrogen-bond acceptors (Lipinski definition) is 7. The Balaban J connectivity index is 2.28. The number of hydrazine groups is 1. The zero-order valence-corrected chi connectivity index (χ0v) is 13.1. The van der Waals surface area contributed by atoms with Crippen LogP contribution < -0.4 is 16.6 Å². The number of nitrogens with two attached hydrogens (primary N) is 1. The summed E-state index contributed by atoms with van der Waals surface area (Å²) in [4.78, 5) is 9.05. The van der Waals surface area contributed by atoms with Crippen LogP contribution in [0.3, 0.4) is 0 Å². The van der Waals surface area contributed by atoms with Crippen LogP contribution in [0, 0.1) is 13.8 Å². The maximum absolute atomic E-state index is 5.55. The van der Waals surface area contributed by atoms with E-state index in [4.69, 9.17) is 10.4 Å². The second kappa shape index (κ2) is 5.69. The molecule has 0 bridgehead atoms. The Kier molecular flexibility index (Phi) is 4.13. The van der Waals surface area contributed by atoms with Crippen molar-refractivity contribution in [2.45, 2.75) is 46.6 Å². The van der Waals surface area contributed by atoms with Crippen molar-refractivity contribution in [1.29, 1.82) is 0 Å². The van der Waals surface area contributed by atoms with Gasteiger partial charge >= 0.3 is 0 Å². The average molecular weight is 290 g/mol. The van der Waals surface area contributed by atoms with E-state index in [0.717, 1.165) is 28.7 Å². The van der Waals surface area contributed by atoms with Crippen molar-refractivity contribution in [2.75, 3.05) is 10.7 Å². The van der Waals surface area contributed by atoms with E-state index in [1.54, 1.807) is 0 Å². The van der Waals surface area contributed by atoms with Gasteiger partial charge < -0.3 is 15.3 Å². The Morgan fingerprint density at radius 3 is 2.38 bits per heavy atom.